The molecule has 2 nitrogen and oxygen atoms in total. The average Bonchev–Trinajstić information content (AvgIpc) is 2.28. The van der Waals surface area contributed by atoms with E-state index in [0.717, 1.165) is 12.1 Å². The van der Waals surface area contributed by atoms with Crippen LogP contribution in [0.2, 0.25) is 0 Å². The van der Waals surface area contributed by atoms with E-state index in [2.05, 4.69) is 11.9 Å². The zero-order valence-corrected chi connectivity index (χ0v) is 11.1. The summed E-state index contributed by atoms with van der Waals surface area (Å²) >= 11 is 11.5. The van der Waals surface area contributed by atoms with E-state index in [4.69, 9.17) is 23.2 Å². The lowest BCUT2D eigenvalue weighted by Crippen LogP contribution is -2.32. The first-order valence-electron chi connectivity index (χ1n) is 5.14. The summed E-state index contributed by atoms with van der Waals surface area (Å²) in [5.41, 5.74) is -0.904. The smallest absolute Gasteiger partial charge is 0.323 e. The van der Waals surface area contributed by atoms with E-state index in [1.165, 1.54) is 18.2 Å². The van der Waals surface area contributed by atoms with Gasteiger partial charge in [-0.2, -0.15) is 13.2 Å². The van der Waals surface area contributed by atoms with Crippen LogP contribution in [0, 0.1) is 0 Å². The summed E-state index contributed by atoms with van der Waals surface area (Å²) in [5.74, 6) is -0.810. The minimum atomic E-state index is -4.49. The van der Waals surface area contributed by atoms with Gasteiger partial charge in [0.25, 0.3) is 5.91 Å². The number of carbonyl (C=O) groups excluding carboxylic acids is 1. The maximum Gasteiger partial charge on any atom is 0.416 e. The quantitative estimate of drug-likeness (QED) is 0.648. The molecule has 0 fully saturated rings. The van der Waals surface area contributed by atoms with Crippen molar-refractivity contribution in [2.45, 2.75) is 16.9 Å². The number of rotatable bonds is 4. The van der Waals surface area contributed by atoms with Crippen molar-refractivity contribution in [2.24, 2.45) is 0 Å². The molecule has 0 aliphatic carbocycles. The lowest BCUT2D eigenvalue weighted by molar-refractivity contribution is -0.137. The van der Waals surface area contributed by atoms with Gasteiger partial charge < -0.3 is 5.32 Å². The molecule has 0 bridgehead atoms. The van der Waals surface area contributed by atoms with Gasteiger partial charge in [-0.15, -0.1) is 6.58 Å². The van der Waals surface area contributed by atoms with E-state index in [-0.39, 0.29) is 12.1 Å². The molecule has 19 heavy (non-hydrogen) atoms. The number of alkyl halides is 5. The molecule has 0 spiro atoms. The number of nitrogens with one attached hydrogen (secondary N) is 1. The van der Waals surface area contributed by atoms with Gasteiger partial charge >= 0.3 is 6.18 Å². The zero-order chi connectivity index (χ0) is 14.7. The molecule has 0 saturated carbocycles. The Balaban J connectivity index is 2.89. The van der Waals surface area contributed by atoms with Gasteiger partial charge in [-0.3, -0.25) is 4.79 Å². The molecule has 1 rings (SSSR count). The highest BCUT2D eigenvalue weighted by atomic mass is 35.5. The monoisotopic (exact) mass is 311 g/mol. The second-order valence-corrected chi connectivity index (χ2v) is 5.21. The first kappa shape index (κ1) is 15.9. The van der Waals surface area contributed by atoms with Crippen molar-refractivity contribution in [2.75, 3.05) is 5.32 Å². The molecule has 0 saturated heterocycles. The van der Waals surface area contributed by atoms with Crippen LogP contribution >= 0.6 is 23.2 Å². The number of benzene rings is 1. The number of amides is 1. The summed E-state index contributed by atoms with van der Waals surface area (Å²) in [6, 6.07) is 4.19. The second-order valence-electron chi connectivity index (χ2n) is 3.73. The predicted octanol–water partition coefficient (Wildman–Crippen LogP) is 4.39. The minimum absolute atomic E-state index is 0.0269. The fourth-order valence-electron chi connectivity index (χ4n) is 1.27. The average molecular weight is 312 g/mol. The van der Waals surface area contributed by atoms with Crippen LogP contribution in [0.5, 0.6) is 0 Å². The van der Waals surface area contributed by atoms with Crippen molar-refractivity contribution in [1.82, 2.24) is 0 Å². The number of hydrogen-bond donors (Lipinski definition) is 1. The third-order valence-corrected chi connectivity index (χ3v) is 2.83. The molecule has 104 valence electrons. The lowest BCUT2D eigenvalue weighted by atomic mass is 10.2. The predicted molar refractivity (Wildman–Crippen MR) is 69.3 cm³/mol. The number of anilines is 1. The second kappa shape index (κ2) is 5.84. The summed E-state index contributed by atoms with van der Waals surface area (Å²) in [5, 5.41) is 2.23. The van der Waals surface area contributed by atoms with Crippen molar-refractivity contribution in [3.8, 4) is 0 Å². The topological polar surface area (TPSA) is 29.1 Å². The van der Waals surface area contributed by atoms with Gasteiger partial charge in [-0.25, -0.2) is 0 Å². The van der Waals surface area contributed by atoms with Gasteiger partial charge in [0.15, 0.2) is 4.33 Å². The highest BCUT2D eigenvalue weighted by Gasteiger charge is 2.33. The summed E-state index contributed by atoms with van der Waals surface area (Å²) in [6.45, 7) is 3.38. The Morgan fingerprint density at radius 3 is 2.53 bits per heavy atom. The van der Waals surface area contributed by atoms with Gasteiger partial charge in [-0.1, -0.05) is 35.3 Å². The fourth-order valence-corrected chi connectivity index (χ4v) is 1.58. The van der Waals surface area contributed by atoms with Crippen molar-refractivity contribution in [1.29, 1.82) is 0 Å². The Labute approximate surface area is 118 Å². The Morgan fingerprint density at radius 2 is 2.00 bits per heavy atom. The third-order valence-electron chi connectivity index (χ3n) is 2.18. The van der Waals surface area contributed by atoms with E-state index < -0.39 is 22.0 Å². The summed E-state index contributed by atoms with van der Waals surface area (Å²) < 4.78 is 35.7. The molecule has 0 unspecified atom stereocenters. The largest absolute Gasteiger partial charge is 0.416 e. The van der Waals surface area contributed by atoms with Crippen molar-refractivity contribution < 1.29 is 18.0 Å². The first-order chi connectivity index (χ1) is 8.66. The third kappa shape index (κ3) is 4.44. The molecular weight excluding hydrogens is 302 g/mol. The SMILES string of the molecule is C=CCC(Cl)(Cl)C(=O)Nc1cccc(C(F)(F)F)c1. The minimum Gasteiger partial charge on any atom is -0.323 e. The Morgan fingerprint density at radius 1 is 1.37 bits per heavy atom. The molecule has 1 N–H and O–H groups in total. The summed E-state index contributed by atoms with van der Waals surface area (Å²) in [6.07, 6.45) is -3.17. The van der Waals surface area contributed by atoms with Crippen LogP contribution in [-0.4, -0.2) is 10.2 Å². The van der Waals surface area contributed by atoms with Crippen molar-refractivity contribution in [3.63, 3.8) is 0 Å². The zero-order valence-electron chi connectivity index (χ0n) is 9.60. The van der Waals surface area contributed by atoms with Crippen LogP contribution < -0.4 is 5.32 Å². The van der Waals surface area contributed by atoms with Crippen LogP contribution in [0.3, 0.4) is 0 Å². The molecule has 0 radical (unpaired) electrons. The van der Waals surface area contributed by atoms with E-state index in [1.54, 1.807) is 0 Å². The molecule has 0 aliphatic heterocycles. The van der Waals surface area contributed by atoms with E-state index >= 15 is 0 Å². The molecule has 0 aromatic heterocycles. The van der Waals surface area contributed by atoms with Gasteiger partial charge in [0.05, 0.1) is 5.56 Å². The fraction of sp³-hybridized carbons (Fsp3) is 0.250. The molecule has 0 atom stereocenters. The van der Waals surface area contributed by atoms with Gasteiger partial charge in [0, 0.05) is 12.1 Å². The van der Waals surface area contributed by atoms with Gasteiger partial charge in [0.2, 0.25) is 0 Å². The van der Waals surface area contributed by atoms with Crippen LogP contribution in [-0.2, 0) is 11.0 Å². The first-order valence-corrected chi connectivity index (χ1v) is 5.90. The Hall–Kier alpha value is -1.20. The highest BCUT2D eigenvalue weighted by Crippen LogP contribution is 2.32. The molecule has 1 aromatic rings. The van der Waals surface area contributed by atoms with Gasteiger partial charge in [-0.05, 0) is 18.2 Å². The Kier molecular flexibility index (Phi) is 4.87. The molecule has 0 heterocycles. The maximum absolute atomic E-state index is 12.5. The van der Waals surface area contributed by atoms with Crippen LogP contribution in [0.25, 0.3) is 0 Å². The van der Waals surface area contributed by atoms with Crippen LogP contribution in [0.15, 0.2) is 36.9 Å². The van der Waals surface area contributed by atoms with E-state index in [1.807, 2.05) is 0 Å². The number of halogens is 5. The van der Waals surface area contributed by atoms with Crippen LogP contribution in [0.1, 0.15) is 12.0 Å². The summed E-state index contributed by atoms with van der Waals surface area (Å²) in [7, 11) is 0. The molecule has 1 aromatic carbocycles. The van der Waals surface area contributed by atoms with E-state index in [0.29, 0.717) is 0 Å². The molecule has 7 heteroatoms. The van der Waals surface area contributed by atoms with Crippen LogP contribution in [0.4, 0.5) is 18.9 Å². The number of carbonyl (C=O) groups is 1. The van der Waals surface area contributed by atoms with Crippen molar-refractivity contribution in [3.05, 3.63) is 42.5 Å². The van der Waals surface area contributed by atoms with E-state index in [9.17, 15) is 18.0 Å². The maximum atomic E-state index is 12.5. The molecule has 0 aliphatic rings. The summed E-state index contributed by atoms with van der Waals surface area (Å²) in [4.78, 5) is 11.7. The standard InChI is InChI=1S/C12H10Cl2F3NO/c1-2-6-11(13,14)10(19)18-9-5-3-4-8(7-9)12(15,16)17/h2-5,7H,1,6H2,(H,18,19). The molecular formula is C12H10Cl2F3NO. The normalized spacial score (nSPS) is 12.1. The number of hydrogen-bond acceptors (Lipinski definition) is 1. The van der Waals surface area contributed by atoms with Gasteiger partial charge in [0.1, 0.15) is 0 Å². The van der Waals surface area contributed by atoms with Crippen molar-refractivity contribution >= 4 is 34.8 Å². The Bertz CT molecular complexity index is 486. The highest BCUT2D eigenvalue weighted by molar-refractivity contribution is 6.59. The lowest BCUT2D eigenvalue weighted by Gasteiger charge is -2.17. The number of allylic oxidation sites excluding steroid dienone is 1. The molecule has 1 amide bonds.